The average molecular weight is 330 g/mol. The minimum atomic E-state index is -1.69. The van der Waals surface area contributed by atoms with Crippen LogP contribution in [-0.2, 0) is 9.59 Å². The third-order valence-electron chi connectivity index (χ3n) is 2.60. The highest BCUT2D eigenvalue weighted by Gasteiger charge is 2.55. The smallest absolute Gasteiger partial charge is 0.322 e. The van der Waals surface area contributed by atoms with E-state index < -0.39 is 22.2 Å². The van der Waals surface area contributed by atoms with Crippen molar-refractivity contribution in [3.05, 3.63) is 0 Å². The fraction of sp³-hybridized carbons (Fsp3) is 0.750. The standard InChI is InChI=1S/C8H10Br2O4/c9-4-2-1-3-8(5(4)10,6(11)12)7(13)14/h4-5H,1-3H2,(H,11,12)(H,13,14). The predicted molar refractivity (Wildman–Crippen MR) is 57.0 cm³/mol. The van der Waals surface area contributed by atoms with Gasteiger partial charge in [0.1, 0.15) is 0 Å². The lowest BCUT2D eigenvalue weighted by molar-refractivity contribution is -0.166. The molecule has 0 saturated heterocycles. The molecule has 14 heavy (non-hydrogen) atoms. The van der Waals surface area contributed by atoms with Gasteiger partial charge in [0.05, 0.1) is 4.83 Å². The van der Waals surface area contributed by atoms with Crippen molar-refractivity contribution in [3.8, 4) is 0 Å². The molecule has 1 fully saturated rings. The number of aliphatic carboxylic acids is 2. The Balaban J connectivity index is 3.07. The maximum atomic E-state index is 11.0. The molecule has 0 aromatic rings. The normalized spacial score (nSPS) is 31.0. The van der Waals surface area contributed by atoms with Crippen molar-refractivity contribution in [2.75, 3.05) is 0 Å². The number of rotatable bonds is 2. The van der Waals surface area contributed by atoms with Gasteiger partial charge in [-0.05, 0) is 12.8 Å². The first-order valence-corrected chi connectivity index (χ1v) is 6.01. The van der Waals surface area contributed by atoms with E-state index >= 15 is 0 Å². The fourth-order valence-corrected chi connectivity index (χ4v) is 3.37. The zero-order chi connectivity index (χ0) is 10.9. The fourth-order valence-electron chi connectivity index (χ4n) is 1.71. The monoisotopic (exact) mass is 328 g/mol. The summed E-state index contributed by atoms with van der Waals surface area (Å²) < 4.78 is 0. The Morgan fingerprint density at radius 3 is 2.07 bits per heavy atom. The quantitative estimate of drug-likeness (QED) is 0.599. The minimum Gasteiger partial charge on any atom is -0.480 e. The van der Waals surface area contributed by atoms with Crippen LogP contribution < -0.4 is 0 Å². The molecule has 0 aliphatic heterocycles. The van der Waals surface area contributed by atoms with E-state index in [4.69, 9.17) is 10.2 Å². The molecule has 2 atom stereocenters. The topological polar surface area (TPSA) is 74.6 Å². The van der Waals surface area contributed by atoms with Crippen LogP contribution in [0.1, 0.15) is 19.3 Å². The first-order chi connectivity index (χ1) is 6.43. The molecule has 2 unspecified atom stereocenters. The van der Waals surface area contributed by atoms with Crippen molar-refractivity contribution in [2.45, 2.75) is 28.9 Å². The van der Waals surface area contributed by atoms with Crippen LogP contribution in [0, 0.1) is 5.41 Å². The van der Waals surface area contributed by atoms with Gasteiger partial charge in [0.15, 0.2) is 5.41 Å². The van der Waals surface area contributed by atoms with Crippen LogP contribution >= 0.6 is 31.9 Å². The third-order valence-corrected chi connectivity index (χ3v) is 5.72. The molecule has 1 aliphatic carbocycles. The summed E-state index contributed by atoms with van der Waals surface area (Å²) in [5.41, 5.74) is -1.69. The van der Waals surface area contributed by atoms with Crippen LogP contribution in [0.5, 0.6) is 0 Å². The summed E-state index contributed by atoms with van der Waals surface area (Å²) in [5.74, 6) is -2.54. The second-order valence-corrected chi connectivity index (χ2v) is 5.55. The van der Waals surface area contributed by atoms with Crippen molar-refractivity contribution in [3.63, 3.8) is 0 Å². The molecule has 0 aromatic carbocycles. The first kappa shape index (κ1) is 12.0. The largest absolute Gasteiger partial charge is 0.480 e. The number of carboxylic acids is 2. The number of carbonyl (C=O) groups is 2. The van der Waals surface area contributed by atoms with Crippen molar-refractivity contribution in [2.24, 2.45) is 5.41 Å². The highest BCUT2D eigenvalue weighted by atomic mass is 79.9. The molecule has 80 valence electrons. The Hall–Kier alpha value is -0.100. The van der Waals surface area contributed by atoms with Crippen molar-refractivity contribution in [1.82, 2.24) is 0 Å². The van der Waals surface area contributed by atoms with Crippen LogP contribution in [0.15, 0.2) is 0 Å². The highest BCUT2D eigenvalue weighted by molar-refractivity contribution is 9.12. The first-order valence-electron chi connectivity index (χ1n) is 4.18. The van der Waals surface area contributed by atoms with Gasteiger partial charge >= 0.3 is 11.9 Å². The Kier molecular flexibility index (Phi) is 3.58. The molecule has 0 aromatic heterocycles. The van der Waals surface area contributed by atoms with Gasteiger partial charge in [-0.3, -0.25) is 9.59 Å². The van der Waals surface area contributed by atoms with Gasteiger partial charge in [-0.15, -0.1) is 0 Å². The number of alkyl halides is 2. The van der Waals surface area contributed by atoms with E-state index in [1.165, 1.54) is 0 Å². The van der Waals surface area contributed by atoms with Gasteiger partial charge in [0.2, 0.25) is 0 Å². The molecular formula is C8H10Br2O4. The van der Waals surface area contributed by atoms with Crippen molar-refractivity contribution >= 4 is 43.8 Å². The lowest BCUT2D eigenvalue weighted by Gasteiger charge is -2.36. The van der Waals surface area contributed by atoms with Crippen molar-refractivity contribution in [1.29, 1.82) is 0 Å². The summed E-state index contributed by atoms with van der Waals surface area (Å²) in [6.07, 6.45) is 1.57. The lowest BCUT2D eigenvalue weighted by atomic mass is 9.74. The molecule has 0 spiro atoms. The van der Waals surface area contributed by atoms with Gasteiger partial charge in [-0.25, -0.2) is 0 Å². The van der Waals surface area contributed by atoms with Gasteiger partial charge in [-0.2, -0.15) is 0 Å². The summed E-state index contributed by atoms with van der Waals surface area (Å²) in [7, 11) is 0. The molecule has 6 heteroatoms. The Labute approximate surface area is 97.9 Å². The van der Waals surface area contributed by atoms with E-state index in [-0.39, 0.29) is 11.2 Å². The average Bonchev–Trinajstić information content (AvgIpc) is 2.08. The van der Waals surface area contributed by atoms with E-state index in [0.29, 0.717) is 6.42 Å². The molecule has 2 N–H and O–H groups in total. The molecule has 1 aliphatic rings. The number of carboxylic acid groups (broad SMARTS) is 2. The Morgan fingerprint density at radius 2 is 1.71 bits per heavy atom. The SMILES string of the molecule is O=C(O)C1(C(=O)O)CCCC(Br)C1Br. The van der Waals surface area contributed by atoms with E-state index in [1.54, 1.807) is 0 Å². The van der Waals surface area contributed by atoms with Crippen LogP contribution in [0.2, 0.25) is 0 Å². The lowest BCUT2D eigenvalue weighted by Crippen LogP contribution is -2.52. The number of halogens is 2. The van der Waals surface area contributed by atoms with Gasteiger partial charge in [-0.1, -0.05) is 38.3 Å². The summed E-state index contributed by atoms with van der Waals surface area (Å²) in [6, 6.07) is 0. The number of hydrogen-bond acceptors (Lipinski definition) is 2. The van der Waals surface area contributed by atoms with Crippen LogP contribution in [0.3, 0.4) is 0 Å². The van der Waals surface area contributed by atoms with Gasteiger partial charge in [0, 0.05) is 4.83 Å². The van der Waals surface area contributed by atoms with Gasteiger partial charge < -0.3 is 10.2 Å². The second-order valence-electron chi connectivity index (χ2n) is 3.39. The van der Waals surface area contributed by atoms with E-state index in [2.05, 4.69) is 31.9 Å². The molecule has 0 amide bonds. The Morgan fingerprint density at radius 1 is 1.21 bits per heavy atom. The van der Waals surface area contributed by atoms with Crippen LogP contribution in [-0.4, -0.2) is 31.8 Å². The maximum absolute atomic E-state index is 11.0. The van der Waals surface area contributed by atoms with E-state index in [9.17, 15) is 9.59 Å². The molecule has 1 saturated carbocycles. The van der Waals surface area contributed by atoms with Gasteiger partial charge in [0.25, 0.3) is 0 Å². The second kappa shape index (κ2) is 4.18. The molecule has 0 heterocycles. The minimum absolute atomic E-state index is 0.108. The summed E-state index contributed by atoms with van der Waals surface area (Å²) in [4.78, 5) is 21.4. The molecular weight excluding hydrogens is 320 g/mol. The van der Waals surface area contributed by atoms with Crippen LogP contribution in [0.25, 0.3) is 0 Å². The number of hydrogen-bond donors (Lipinski definition) is 2. The van der Waals surface area contributed by atoms with E-state index in [1.807, 2.05) is 0 Å². The van der Waals surface area contributed by atoms with Crippen LogP contribution in [0.4, 0.5) is 0 Å². The predicted octanol–water partition coefficient (Wildman–Crippen LogP) is 1.85. The third kappa shape index (κ3) is 1.69. The molecule has 0 bridgehead atoms. The maximum Gasteiger partial charge on any atom is 0.322 e. The summed E-state index contributed by atoms with van der Waals surface area (Å²) >= 11 is 6.46. The zero-order valence-corrected chi connectivity index (χ0v) is 10.4. The summed E-state index contributed by atoms with van der Waals surface area (Å²) in [5, 5.41) is 18.0. The highest BCUT2D eigenvalue weighted by Crippen LogP contribution is 2.44. The van der Waals surface area contributed by atoms with Crippen molar-refractivity contribution < 1.29 is 19.8 Å². The molecule has 0 radical (unpaired) electrons. The van der Waals surface area contributed by atoms with E-state index in [0.717, 1.165) is 6.42 Å². The molecule has 1 rings (SSSR count). The summed E-state index contributed by atoms with van der Waals surface area (Å²) in [6.45, 7) is 0. The molecule has 4 nitrogen and oxygen atoms in total. The Bertz CT molecular complexity index is 252. The zero-order valence-electron chi connectivity index (χ0n) is 7.24.